The van der Waals surface area contributed by atoms with Crippen LogP contribution in [0.3, 0.4) is 0 Å². The quantitative estimate of drug-likeness (QED) is 0.536. The summed E-state index contributed by atoms with van der Waals surface area (Å²) < 4.78 is 5.40. The zero-order valence-electron chi connectivity index (χ0n) is 19.3. The molecule has 8 heteroatoms. The van der Waals surface area contributed by atoms with Gasteiger partial charge < -0.3 is 19.9 Å². The molecule has 2 amide bonds. The van der Waals surface area contributed by atoms with Crippen LogP contribution in [0.2, 0.25) is 5.02 Å². The topological polar surface area (TPSA) is 63.1 Å². The number of benzene rings is 3. The number of nitrogens with zero attached hydrogens (tertiary/aromatic N) is 1. The zero-order valence-corrected chi connectivity index (χ0v) is 20.8. The van der Waals surface area contributed by atoms with Crippen molar-refractivity contribution in [3.8, 4) is 0 Å². The zero-order chi connectivity index (χ0) is 24.2. The van der Waals surface area contributed by atoms with Gasteiger partial charge in [-0.3, -0.25) is 9.59 Å². The van der Waals surface area contributed by atoms with Crippen molar-refractivity contribution in [1.82, 2.24) is 5.32 Å². The molecule has 1 fully saturated rings. The number of hydrogen-bond donors (Lipinski definition) is 2. The summed E-state index contributed by atoms with van der Waals surface area (Å²) in [6, 6.07) is 20.7. The van der Waals surface area contributed by atoms with Crippen LogP contribution in [0.4, 0.5) is 5.69 Å². The van der Waals surface area contributed by atoms with E-state index < -0.39 is 0 Å². The molecule has 1 saturated heterocycles. The molecule has 2 aliphatic rings. The van der Waals surface area contributed by atoms with E-state index in [0.717, 1.165) is 53.9 Å². The smallest absolute Gasteiger partial charge is 0.259 e. The second kappa shape index (κ2) is 10.8. The number of hydrogen-bond acceptors (Lipinski definition) is 4. The number of anilines is 1. The summed E-state index contributed by atoms with van der Waals surface area (Å²) in [5.41, 5.74) is 2.83. The predicted molar refractivity (Wildman–Crippen MR) is 138 cm³/mol. The Labute approximate surface area is 214 Å². The van der Waals surface area contributed by atoms with Crippen molar-refractivity contribution in [2.45, 2.75) is 16.3 Å². The number of fused-ring (bicyclic) bond motifs is 2. The number of amides is 2. The Hall–Kier alpha value is -2.84. The average Bonchev–Trinajstić information content (AvgIpc) is 2.99. The molecule has 0 atom stereocenters. The van der Waals surface area contributed by atoms with Gasteiger partial charge in [0.25, 0.3) is 11.8 Å². The van der Waals surface area contributed by atoms with Crippen LogP contribution < -0.4 is 15.1 Å². The number of halogens is 1. The number of quaternary nitrogens is 1. The van der Waals surface area contributed by atoms with Crippen LogP contribution in [0.1, 0.15) is 26.3 Å². The minimum Gasteiger partial charge on any atom is -0.370 e. The lowest BCUT2D eigenvalue weighted by Gasteiger charge is -2.24. The van der Waals surface area contributed by atoms with Gasteiger partial charge in [0.1, 0.15) is 13.1 Å². The first-order chi connectivity index (χ1) is 17.1. The van der Waals surface area contributed by atoms with Gasteiger partial charge in [-0.1, -0.05) is 47.6 Å². The van der Waals surface area contributed by atoms with Crippen LogP contribution in [0.25, 0.3) is 0 Å². The first-order valence-electron chi connectivity index (χ1n) is 11.8. The lowest BCUT2D eigenvalue weighted by molar-refractivity contribution is -0.906. The van der Waals surface area contributed by atoms with Gasteiger partial charge in [-0.15, -0.1) is 0 Å². The van der Waals surface area contributed by atoms with E-state index in [1.807, 2.05) is 66.7 Å². The fourth-order valence-corrected chi connectivity index (χ4v) is 5.67. The highest BCUT2D eigenvalue weighted by Crippen LogP contribution is 2.42. The maximum absolute atomic E-state index is 13.7. The summed E-state index contributed by atoms with van der Waals surface area (Å²) in [5, 5.41) is 3.66. The first kappa shape index (κ1) is 23.9. The van der Waals surface area contributed by atoms with Crippen molar-refractivity contribution in [3.05, 3.63) is 88.4 Å². The Kier molecular flexibility index (Phi) is 7.39. The number of morpholine rings is 1. The molecule has 0 radical (unpaired) electrons. The molecule has 0 spiro atoms. The van der Waals surface area contributed by atoms with Gasteiger partial charge in [0.05, 0.1) is 44.1 Å². The summed E-state index contributed by atoms with van der Waals surface area (Å²) in [6.45, 7) is 5.28. The largest absolute Gasteiger partial charge is 0.370 e. The van der Waals surface area contributed by atoms with E-state index in [-0.39, 0.29) is 11.8 Å². The molecule has 2 heterocycles. The predicted octanol–water partition coefficient (Wildman–Crippen LogP) is 3.30. The Morgan fingerprint density at radius 1 is 1.03 bits per heavy atom. The van der Waals surface area contributed by atoms with Crippen molar-refractivity contribution in [3.63, 3.8) is 0 Å². The highest BCUT2D eigenvalue weighted by molar-refractivity contribution is 7.99. The third-order valence-electron chi connectivity index (χ3n) is 6.29. The van der Waals surface area contributed by atoms with E-state index in [9.17, 15) is 9.59 Å². The van der Waals surface area contributed by atoms with Gasteiger partial charge in [-0.2, -0.15) is 0 Å². The second-order valence-electron chi connectivity index (χ2n) is 8.67. The summed E-state index contributed by atoms with van der Waals surface area (Å²) in [5.74, 6) is -0.234. The molecule has 0 aromatic heterocycles. The van der Waals surface area contributed by atoms with E-state index in [2.05, 4.69) is 5.32 Å². The highest BCUT2D eigenvalue weighted by atomic mass is 35.5. The van der Waals surface area contributed by atoms with Crippen LogP contribution in [0.5, 0.6) is 0 Å². The SMILES string of the molecule is O=C(NCC[NH+]1CCOCC1)c1ccc2c(c1)N(Cc1cccc(Cl)c1)C(=O)c1ccccc1S2. The summed E-state index contributed by atoms with van der Waals surface area (Å²) >= 11 is 7.76. The summed E-state index contributed by atoms with van der Waals surface area (Å²) in [6.07, 6.45) is 0. The molecule has 35 heavy (non-hydrogen) atoms. The van der Waals surface area contributed by atoms with Gasteiger partial charge >= 0.3 is 0 Å². The molecule has 0 aliphatic carbocycles. The third kappa shape index (κ3) is 5.54. The van der Waals surface area contributed by atoms with Gasteiger partial charge in [0.15, 0.2) is 0 Å². The molecule has 3 aromatic carbocycles. The van der Waals surface area contributed by atoms with Gasteiger partial charge in [0.2, 0.25) is 0 Å². The number of carbonyl (C=O) groups excluding carboxylic acids is 2. The van der Waals surface area contributed by atoms with E-state index in [1.165, 1.54) is 4.90 Å². The first-order valence-corrected chi connectivity index (χ1v) is 12.9. The third-order valence-corrected chi connectivity index (χ3v) is 7.66. The van der Waals surface area contributed by atoms with Crippen LogP contribution in [-0.2, 0) is 11.3 Å². The molecule has 0 unspecified atom stereocenters. The fraction of sp³-hybridized carbons (Fsp3) is 0.259. The van der Waals surface area contributed by atoms with Crippen molar-refractivity contribution < 1.29 is 19.2 Å². The summed E-state index contributed by atoms with van der Waals surface area (Å²) in [4.78, 5) is 31.7. The van der Waals surface area contributed by atoms with E-state index in [4.69, 9.17) is 16.3 Å². The lowest BCUT2D eigenvalue weighted by Crippen LogP contribution is -3.14. The molecule has 2 aliphatic heterocycles. The molecule has 180 valence electrons. The molecular weight excluding hydrogens is 482 g/mol. The van der Waals surface area contributed by atoms with Gasteiger partial charge in [0, 0.05) is 20.4 Å². The Morgan fingerprint density at radius 3 is 2.69 bits per heavy atom. The molecule has 5 rings (SSSR count). The van der Waals surface area contributed by atoms with Gasteiger partial charge in [-0.25, -0.2) is 0 Å². The molecular formula is C27H27ClN3O3S+. The Morgan fingerprint density at radius 2 is 1.86 bits per heavy atom. The lowest BCUT2D eigenvalue weighted by atomic mass is 10.1. The average molecular weight is 509 g/mol. The molecule has 3 aromatic rings. The van der Waals surface area contributed by atoms with Crippen molar-refractivity contribution in [1.29, 1.82) is 0 Å². The molecule has 0 saturated carbocycles. The van der Waals surface area contributed by atoms with E-state index in [0.29, 0.717) is 29.2 Å². The maximum Gasteiger partial charge on any atom is 0.259 e. The summed E-state index contributed by atoms with van der Waals surface area (Å²) in [7, 11) is 0. The minimum absolute atomic E-state index is 0.0969. The monoisotopic (exact) mass is 508 g/mol. The number of nitrogens with one attached hydrogen (secondary N) is 2. The maximum atomic E-state index is 13.7. The normalized spacial score (nSPS) is 15.8. The standard InChI is InChI=1S/C27H26ClN3O3S/c28-21-5-3-4-19(16-21)18-31-23-17-20(26(32)29-10-11-30-12-14-34-15-13-30)8-9-25(23)35-24-7-2-1-6-22(24)27(31)33/h1-9,16-17H,10-15,18H2,(H,29,32)/p+1. The highest BCUT2D eigenvalue weighted by Gasteiger charge is 2.28. The second-order valence-corrected chi connectivity index (χ2v) is 10.2. The van der Waals surface area contributed by atoms with Crippen LogP contribution >= 0.6 is 23.4 Å². The van der Waals surface area contributed by atoms with Crippen molar-refractivity contribution in [2.75, 3.05) is 44.3 Å². The molecule has 6 nitrogen and oxygen atoms in total. The Balaban J connectivity index is 1.41. The van der Waals surface area contributed by atoms with Crippen molar-refractivity contribution >= 4 is 40.9 Å². The van der Waals surface area contributed by atoms with Crippen LogP contribution in [0.15, 0.2) is 76.5 Å². The molecule has 0 bridgehead atoms. The van der Waals surface area contributed by atoms with Crippen LogP contribution in [-0.4, -0.2) is 51.2 Å². The fourth-order valence-electron chi connectivity index (χ4n) is 4.40. The minimum atomic E-state index is -0.137. The number of rotatable bonds is 6. The van der Waals surface area contributed by atoms with Crippen molar-refractivity contribution in [2.24, 2.45) is 0 Å². The number of ether oxygens (including phenoxy) is 1. The Bertz CT molecular complexity index is 1250. The van der Waals surface area contributed by atoms with E-state index in [1.54, 1.807) is 16.7 Å². The number of carbonyl (C=O) groups is 2. The van der Waals surface area contributed by atoms with Crippen LogP contribution in [0, 0.1) is 0 Å². The van der Waals surface area contributed by atoms with Gasteiger partial charge in [-0.05, 0) is 48.0 Å². The molecule has 2 N–H and O–H groups in total. The van der Waals surface area contributed by atoms with E-state index >= 15 is 0 Å².